The maximum atomic E-state index is 13.7. The first-order valence-electron chi connectivity index (χ1n) is 12.8. The largest absolute Gasteiger partial charge is 0.453 e. The molecule has 0 atom stereocenters. The highest BCUT2D eigenvalue weighted by atomic mass is 32.2. The maximum Gasteiger partial charge on any atom is 0.283 e. The van der Waals surface area contributed by atoms with Crippen molar-refractivity contribution < 1.29 is 17.8 Å². The molecule has 0 aromatic heterocycles. The minimum atomic E-state index is -4.28. The highest BCUT2D eigenvalue weighted by Crippen LogP contribution is 2.34. The van der Waals surface area contributed by atoms with E-state index in [0.717, 1.165) is 18.8 Å². The topological polar surface area (TPSA) is 119 Å². The molecule has 6 rings (SSSR count). The van der Waals surface area contributed by atoms with Gasteiger partial charge in [0.1, 0.15) is 11.2 Å². The van der Waals surface area contributed by atoms with E-state index in [1.54, 1.807) is 36.4 Å². The molecule has 1 aliphatic heterocycles. The number of benzene rings is 5. The Kier molecular flexibility index (Phi) is 6.19. The third-order valence-electron chi connectivity index (χ3n) is 7.04. The van der Waals surface area contributed by atoms with E-state index in [4.69, 9.17) is 9.40 Å². The Morgan fingerprint density at radius 2 is 1.55 bits per heavy atom. The fourth-order valence-electron chi connectivity index (χ4n) is 5.10. The van der Waals surface area contributed by atoms with E-state index < -0.39 is 14.9 Å². The first-order chi connectivity index (χ1) is 19.3. The summed E-state index contributed by atoms with van der Waals surface area (Å²) in [6.07, 6.45) is 0. The van der Waals surface area contributed by atoms with Crippen LogP contribution in [-0.4, -0.2) is 31.4 Å². The average molecular weight is 553 g/mol. The predicted molar refractivity (Wildman–Crippen MR) is 155 cm³/mol. The van der Waals surface area contributed by atoms with Crippen LogP contribution >= 0.6 is 0 Å². The van der Waals surface area contributed by atoms with Crippen molar-refractivity contribution in [1.29, 1.82) is 0 Å². The number of nitrogens with zero attached hydrogens (tertiary/aromatic N) is 4. The molecule has 0 amide bonds. The second kappa shape index (κ2) is 9.73. The molecule has 0 saturated carbocycles. The Hall–Kier alpha value is -4.83. The van der Waals surface area contributed by atoms with Gasteiger partial charge in [0.15, 0.2) is 11.3 Å². The number of aromatic nitrogens is 1. The van der Waals surface area contributed by atoms with Gasteiger partial charge in [-0.05, 0) is 38.1 Å². The second-order valence-corrected chi connectivity index (χ2v) is 10.9. The average Bonchev–Trinajstić information content (AvgIpc) is 2.96. The fourth-order valence-corrected chi connectivity index (χ4v) is 6.31. The van der Waals surface area contributed by atoms with E-state index in [0.29, 0.717) is 33.3 Å². The van der Waals surface area contributed by atoms with Crippen molar-refractivity contribution in [2.45, 2.75) is 18.7 Å². The van der Waals surface area contributed by atoms with E-state index in [1.165, 1.54) is 18.2 Å². The van der Waals surface area contributed by atoms with Gasteiger partial charge in [0.25, 0.3) is 15.7 Å². The maximum absolute atomic E-state index is 13.7. The lowest BCUT2D eigenvalue weighted by molar-refractivity contribution is -0.383. The molecule has 0 unspecified atom stereocenters. The molecular formula is C30H24N4O5S. The van der Waals surface area contributed by atoms with Gasteiger partial charge in [0.2, 0.25) is 0 Å². The summed E-state index contributed by atoms with van der Waals surface area (Å²) in [5.74, 6) is 0.394. The number of rotatable bonds is 6. The van der Waals surface area contributed by atoms with Gasteiger partial charge in [-0.25, -0.2) is 4.98 Å². The molecule has 0 radical (unpaired) electrons. The lowest BCUT2D eigenvalue weighted by atomic mass is 10.0. The van der Waals surface area contributed by atoms with Crippen LogP contribution in [0, 0.1) is 10.1 Å². The Morgan fingerprint density at radius 3 is 2.25 bits per heavy atom. The van der Waals surface area contributed by atoms with Crippen molar-refractivity contribution in [2.24, 2.45) is 4.40 Å². The smallest absolute Gasteiger partial charge is 0.283 e. The van der Waals surface area contributed by atoms with Crippen molar-refractivity contribution in [3.8, 4) is 11.5 Å². The molecule has 10 heteroatoms. The van der Waals surface area contributed by atoms with Gasteiger partial charge in [-0.3, -0.25) is 10.1 Å². The predicted octanol–water partition coefficient (Wildman–Crippen LogP) is 6.28. The van der Waals surface area contributed by atoms with Crippen molar-refractivity contribution >= 4 is 54.0 Å². The molecule has 2 aliphatic rings. The third kappa shape index (κ3) is 4.22. The van der Waals surface area contributed by atoms with E-state index in [1.807, 2.05) is 30.3 Å². The van der Waals surface area contributed by atoms with Crippen LogP contribution in [0.3, 0.4) is 0 Å². The van der Waals surface area contributed by atoms with Crippen molar-refractivity contribution in [1.82, 2.24) is 4.98 Å². The molecule has 9 nitrogen and oxygen atoms in total. The number of hydrogen-bond donors (Lipinski definition) is 0. The zero-order valence-electron chi connectivity index (χ0n) is 21.7. The summed E-state index contributed by atoms with van der Waals surface area (Å²) < 4.78 is 37.9. The van der Waals surface area contributed by atoms with Crippen LogP contribution in [0.1, 0.15) is 13.8 Å². The Bertz CT molecular complexity index is 2100. The molecule has 0 fully saturated rings. The van der Waals surface area contributed by atoms with E-state index >= 15 is 0 Å². The molecular weight excluding hydrogens is 528 g/mol. The van der Waals surface area contributed by atoms with Crippen molar-refractivity contribution in [3.05, 3.63) is 100 Å². The number of sulfonamides is 1. The summed E-state index contributed by atoms with van der Waals surface area (Å²) in [5, 5.41) is 13.5. The number of non-ortho nitro benzene ring substituents is 1. The van der Waals surface area contributed by atoms with E-state index in [2.05, 4.69) is 23.1 Å². The Labute approximate surface area is 229 Å². The fraction of sp³-hybridized carbons (Fsp3) is 0.133. The van der Waals surface area contributed by atoms with Gasteiger partial charge in [-0.2, -0.15) is 12.8 Å². The first-order valence-corrected chi connectivity index (χ1v) is 14.2. The highest BCUT2D eigenvalue weighted by molar-refractivity contribution is 7.90. The van der Waals surface area contributed by atoms with Gasteiger partial charge in [-0.15, -0.1) is 0 Å². The third-order valence-corrected chi connectivity index (χ3v) is 8.39. The summed E-state index contributed by atoms with van der Waals surface area (Å²) in [6, 6.07) is 23.5. The number of fused-ring (bicyclic) bond motifs is 5. The van der Waals surface area contributed by atoms with Crippen LogP contribution in [0.15, 0.2) is 98.6 Å². The monoisotopic (exact) mass is 552 g/mol. The number of nitro groups is 1. The van der Waals surface area contributed by atoms with Crippen molar-refractivity contribution in [2.75, 3.05) is 18.0 Å². The van der Waals surface area contributed by atoms with Crippen molar-refractivity contribution in [3.63, 3.8) is 0 Å². The first kappa shape index (κ1) is 25.4. The number of anilines is 1. The van der Waals surface area contributed by atoms with E-state index in [9.17, 15) is 18.5 Å². The SMILES string of the molecule is CCN(CC)c1ccc2nc3c4ccccc4c(=NS(=O)(=O)c4ccc([N+](=O)[O-])c5ccccc45)cc-3oc2c1. The highest BCUT2D eigenvalue weighted by Gasteiger charge is 2.23. The zero-order valence-corrected chi connectivity index (χ0v) is 22.6. The van der Waals surface area contributed by atoms with E-state index in [-0.39, 0.29) is 26.7 Å². The summed E-state index contributed by atoms with van der Waals surface area (Å²) in [5.41, 5.74) is 2.67. The van der Waals surface area contributed by atoms with Gasteiger partial charge in [0, 0.05) is 53.1 Å². The quantitative estimate of drug-likeness (QED) is 0.103. The van der Waals surface area contributed by atoms with Crippen LogP contribution in [0.2, 0.25) is 0 Å². The molecule has 1 heterocycles. The molecule has 4 aromatic carbocycles. The summed E-state index contributed by atoms with van der Waals surface area (Å²) in [7, 11) is -4.28. The van der Waals surface area contributed by atoms with Crippen LogP contribution in [-0.2, 0) is 10.0 Å². The zero-order chi connectivity index (χ0) is 28.0. The van der Waals surface area contributed by atoms with Gasteiger partial charge in [-0.1, -0.05) is 42.5 Å². The van der Waals surface area contributed by atoms with Gasteiger partial charge >= 0.3 is 0 Å². The van der Waals surface area contributed by atoms with Crippen LogP contribution in [0.25, 0.3) is 44.1 Å². The lowest BCUT2D eigenvalue weighted by Gasteiger charge is -2.21. The molecule has 0 spiro atoms. The number of hydrogen-bond acceptors (Lipinski definition) is 7. The molecule has 1 aliphatic carbocycles. The van der Waals surface area contributed by atoms with Gasteiger partial charge < -0.3 is 9.32 Å². The minimum Gasteiger partial charge on any atom is -0.453 e. The standard InChI is InChI=1S/C30H24N4O5S/c1-3-33(4-2)19-13-14-24-27(17-19)39-28-18-25(20-9-5-8-12-23(20)30(28)31-24)32-40(37,38)29-16-15-26(34(35)36)21-10-6-7-11-22(21)29/h5-18H,3-4H2,1-2H3. The number of nitro benzene ring substituents is 1. The van der Waals surface area contributed by atoms with Crippen LogP contribution < -0.4 is 10.3 Å². The summed E-state index contributed by atoms with van der Waals surface area (Å²) in [6.45, 7) is 5.84. The normalized spacial score (nSPS) is 12.5. The molecule has 200 valence electrons. The lowest BCUT2D eigenvalue weighted by Crippen LogP contribution is -2.21. The Balaban J connectivity index is 1.61. The Morgan fingerprint density at radius 1 is 0.875 bits per heavy atom. The summed E-state index contributed by atoms with van der Waals surface area (Å²) in [4.78, 5) is 17.9. The molecule has 4 aromatic rings. The van der Waals surface area contributed by atoms with Crippen LogP contribution in [0.5, 0.6) is 0 Å². The van der Waals surface area contributed by atoms with Gasteiger partial charge in [0.05, 0.1) is 20.6 Å². The van der Waals surface area contributed by atoms with Crippen LogP contribution in [0.4, 0.5) is 11.4 Å². The molecule has 0 bridgehead atoms. The second-order valence-electron chi connectivity index (χ2n) is 9.28. The molecule has 0 saturated heterocycles. The molecule has 40 heavy (non-hydrogen) atoms. The summed E-state index contributed by atoms with van der Waals surface area (Å²) >= 11 is 0. The minimum absolute atomic E-state index is 0.115. The molecule has 0 N–H and O–H groups in total.